The molecule has 0 saturated carbocycles. The second-order valence-corrected chi connectivity index (χ2v) is 5.75. The molecule has 1 aromatic carbocycles. The molecule has 1 fully saturated rings. The molecule has 2 aromatic rings. The highest BCUT2D eigenvalue weighted by molar-refractivity contribution is 6.07. The lowest BCUT2D eigenvalue weighted by molar-refractivity contribution is 0.0602. The molecule has 0 spiro atoms. The highest BCUT2D eigenvalue weighted by atomic mass is 16.5. The fourth-order valence-corrected chi connectivity index (χ4v) is 2.69. The van der Waals surface area contributed by atoms with Crippen LogP contribution in [0.5, 0.6) is 0 Å². The smallest absolute Gasteiger partial charge is 0.339 e. The Balaban J connectivity index is 1.84. The van der Waals surface area contributed by atoms with E-state index in [9.17, 15) is 9.59 Å². The Bertz CT molecular complexity index is 819. The zero-order chi connectivity index (χ0) is 18.5. The number of benzene rings is 1. The van der Waals surface area contributed by atoms with E-state index in [0.717, 1.165) is 0 Å². The summed E-state index contributed by atoms with van der Waals surface area (Å²) in [5.41, 5.74) is 0.884. The molecular weight excluding hydrogens is 336 g/mol. The van der Waals surface area contributed by atoms with Crippen molar-refractivity contribution >= 4 is 23.4 Å². The molecule has 0 radical (unpaired) electrons. The van der Waals surface area contributed by atoms with Crippen LogP contribution in [0.3, 0.4) is 0 Å². The Morgan fingerprint density at radius 2 is 1.92 bits per heavy atom. The number of anilines is 2. The van der Waals surface area contributed by atoms with E-state index in [2.05, 4.69) is 20.2 Å². The number of hydrogen-bond acceptors (Lipinski definition) is 7. The quantitative estimate of drug-likeness (QED) is 0.833. The summed E-state index contributed by atoms with van der Waals surface area (Å²) in [5, 5.41) is 2.73. The number of hydrogen-bond donors (Lipinski definition) is 1. The van der Waals surface area contributed by atoms with Gasteiger partial charge in [0.05, 0.1) is 31.6 Å². The van der Waals surface area contributed by atoms with Crippen LogP contribution in [0.1, 0.15) is 26.7 Å². The summed E-state index contributed by atoms with van der Waals surface area (Å²) >= 11 is 0. The maximum absolute atomic E-state index is 12.7. The van der Waals surface area contributed by atoms with Gasteiger partial charge in [-0.2, -0.15) is 0 Å². The fourth-order valence-electron chi connectivity index (χ4n) is 2.69. The van der Waals surface area contributed by atoms with Crippen LogP contribution in [-0.2, 0) is 9.47 Å². The van der Waals surface area contributed by atoms with Crippen molar-refractivity contribution in [3.05, 3.63) is 47.4 Å². The number of para-hydroxylation sites is 1. The van der Waals surface area contributed by atoms with E-state index in [4.69, 9.17) is 9.47 Å². The number of carbonyl (C=O) groups is 2. The van der Waals surface area contributed by atoms with Gasteiger partial charge in [0.15, 0.2) is 0 Å². The third kappa shape index (κ3) is 3.97. The molecule has 2 heterocycles. The summed E-state index contributed by atoms with van der Waals surface area (Å²) in [4.78, 5) is 35.2. The number of amides is 1. The Morgan fingerprint density at radius 1 is 1.19 bits per heavy atom. The molecule has 1 aromatic heterocycles. The second kappa shape index (κ2) is 7.92. The lowest BCUT2D eigenvalue weighted by Gasteiger charge is -2.28. The van der Waals surface area contributed by atoms with Gasteiger partial charge in [-0.3, -0.25) is 4.79 Å². The van der Waals surface area contributed by atoms with Gasteiger partial charge >= 0.3 is 5.97 Å². The molecule has 0 unspecified atom stereocenters. The highest BCUT2D eigenvalue weighted by Gasteiger charge is 2.19. The standard InChI is InChI=1S/C18H20N4O4/c1-12-19-15(11-16(20-12)22-7-9-26-10-8-22)17(23)21-14-6-4-3-5-13(14)18(24)25-2/h3-6,11H,7-10H2,1-2H3,(H,21,23). The van der Waals surface area contributed by atoms with Gasteiger partial charge in [-0.25, -0.2) is 14.8 Å². The number of esters is 1. The molecular formula is C18H20N4O4. The van der Waals surface area contributed by atoms with Crippen molar-refractivity contribution in [2.75, 3.05) is 43.6 Å². The number of aromatic nitrogens is 2. The zero-order valence-electron chi connectivity index (χ0n) is 14.7. The molecule has 8 nitrogen and oxygen atoms in total. The summed E-state index contributed by atoms with van der Waals surface area (Å²) in [6.07, 6.45) is 0. The molecule has 1 aliphatic heterocycles. The van der Waals surface area contributed by atoms with Gasteiger partial charge in [-0.15, -0.1) is 0 Å². The van der Waals surface area contributed by atoms with Gasteiger partial charge in [-0.05, 0) is 19.1 Å². The molecule has 8 heteroatoms. The molecule has 0 atom stereocenters. The largest absolute Gasteiger partial charge is 0.465 e. The second-order valence-electron chi connectivity index (χ2n) is 5.75. The Morgan fingerprint density at radius 3 is 2.65 bits per heavy atom. The fraction of sp³-hybridized carbons (Fsp3) is 0.333. The van der Waals surface area contributed by atoms with Gasteiger partial charge in [0, 0.05) is 19.2 Å². The first-order valence-electron chi connectivity index (χ1n) is 8.25. The zero-order valence-corrected chi connectivity index (χ0v) is 14.7. The lowest BCUT2D eigenvalue weighted by atomic mass is 10.1. The van der Waals surface area contributed by atoms with Crippen LogP contribution in [0.15, 0.2) is 30.3 Å². The van der Waals surface area contributed by atoms with Crippen molar-refractivity contribution in [3.63, 3.8) is 0 Å². The molecule has 1 saturated heterocycles. The maximum Gasteiger partial charge on any atom is 0.339 e. The van der Waals surface area contributed by atoms with E-state index in [1.807, 2.05) is 0 Å². The third-order valence-electron chi connectivity index (χ3n) is 3.97. The van der Waals surface area contributed by atoms with Gasteiger partial charge < -0.3 is 19.7 Å². The van der Waals surface area contributed by atoms with E-state index < -0.39 is 11.9 Å². The third-order valence-corrected chi connectivity index (χ3v) is 3.97. The van der Waals surface area contributed by atoms with E-state index >= 15 is 0 Å². The number of ether oxygens (including phenoxy) is 2. The van der Waals surface area contributed by atoms with Crippen molar-refractivity contribution in [1.82, 2.24) is 9.97 Å². The van der Waals surface area contributed by atoms with Crippen molar-refractivity contribution in [3.8, 4) is 0 Å². The average Bonchev–Trinajstić information content (AvgIpc) is 2.68. The number of morpholine rings is 1. The van der Waals surface area contributed by atoms with Crippen molar-refractivity contribution < 1.29 is 19.1 Å². The molecule has 0 aliphatic carbocycles. The van der Waals surface area contributed by atoms with E-state index in [-0.39, 0.29) is 11.3 Å². The number of methoxy groups -OCH3 is 1. The number of nitrogens with zero attached hydrogens (tertiary/aromatic N) is 3. The summed E-state index contributed by atoms with van der Waals surface area (Å²) in [6, 6.07) is 8.31. The minimum Gasteiger partial charge on any atom is -0.465 e. The first-order valence-corrected chi connectivity index (χ1v) is 8.25. The molecule has 26 heavy (non-hydrogen) atoms. The number of nitrogens with one attached hydrogen (secondary N) is 1. The Kier molecular flexibility index (Phi) is 5.43. The normalized spacial score (nSPS) is 14.0. The van der Waals surface area contributed by atoms with Crippen LogP contribution in [0.25, 0.3) is 0 Å². The average molecular weight is 356 g/mol. The van der Waals surface area contributed by atoms with Crippen LogP contribution in [0.4, 0.5) is 11.5 Å². The Labute approximate surface area is 151 Å². The molecule has 136 valence electrons. The minimum atomic E-state index is -0.520. The summed E-state index contributed by atoms with van der Waals surface area (Å²) in [6.45, 7) is 4.41. The van der Waals surface area contributed by atoms with E-state index in [1.54, 1.807) is 37.3 Å². The van der Waals surface area contributed by atoms with Crippen LogP contribution in [0, 0.1) is 6.92 Å². The van der Waals surface area contributed by atoms with E-state index in [1.165, 1.54) is 7.11 Å². The van der Waals surface area contributed by atoms with Crippen LogP contribution in [0.2, 0.25) is 0 Å². The molecule has 3 rings (SSSR count). The lowest BCUT2D eigenvalue weighted by Crippen LogP contribution is -2.37. The number of rotatable bonds is 4. The summed E-state index contributed by atoms with van der Waals surface area (Å²) in [5.74, 6) is 0.253. The van der Waals surface area contributed by atoms with Crippen LogP contribution >= 0.6 is 0 Å². The molecule has 1 amide bonds. The highest BCUT2D eigenvalue weighted by Crippen LogP contribution is 2.19. The van der Waals surface area contributed by atoms with Gasteiger partial charge in [-0.1, -0.05) is 12.1 Å². The summed E-state index contributed by atoms with van der Waals surface area (Å²) in [7, 11) is 1.29. The first kappa shape index (κ1) is 17.8. The Hall–Kier alpha value is -3.00. The van der Waals surface area contributed by atoms with E-state index in [0.29, 0.717) is 43.6 Å². The van der Waals surface area contributed by atoms with Crippen molar-refractivity contribution in [1.29, 1.82) is 0 Å². The van der Waals surface area contributed by atoms with Crippen LogP contribution < -0.4 is 10.2 Å². The van der Waals surface area contributed by atoms with Crippen LogP contribution in [-0.4, -0.2) is 55.3 Å². The maximum atomic E-state index is 12.7. The predicted molar refractivity (Wildman–Crippen MR) is 95.5 cm³/mol. The minimum absolute atomic E-state index is 0.235. The van der Waals surface area contributed by atoms with Gasteiger partial charge in [0.25, 0.3) is 5.91 Å². The summed E-state index contributed by atoms with van der Waals surface area (Å²) < 4.78 is 10.1. The molecule has 1 N–H and O–H groups in total. The number of carbonyl (C=O) groups excluding carboxylic acids is 2. The van der Waals surface area contributed by atoms with Gasteiger partial charge in [0.2, 0.25) is 0 Å². The van der Waals surface area contributed by atoms with Crippen molar-refractivity contribution in [2.45, 2.75) is 6.92 Å². The number of aryl methyl sites for hydroxylation is 1. The monoisotopic (exact) mass is 356 g/mol. The first-order chi connectivity index (χ1) is 12.6. The predicted octanol–water partition coefficient (Wildman–Crippen LogP) is 1.66. The van der Waals surface area contributed by atoms with Gasteiger partial charge in [0.1, 0.15) is 17.3 Å². The van der Waals surface area contributed by atoms with Crippen molar-refractivity contribution in [2.24, 2.45) is 0 Å². The topological polar surface area (TPSA) is 93.7 Å². The SMILES string of the molecule is COC(=O)c1ccccc1NC(=O)c1cc(N2CCOCC2)nc(C)n1. The molecule has 0 bridgehead atoms. The molecule has 1 aliphatic rings.